The van der Waals surface area contributed by atoms with Crippen molar-refractivity contribution in [1.82, 2.24) is 15.1 Å². The number of nitrogens with zero attached hydrogens (tertiary/aromatic N) is 5. The summed E-state index contributed by atoms with van der Waals surface area (Å²) in [5.74, 6) is -0.480. The minimum Gasteiger partial charge on any atom is -0.368 e. The summed E-state index contributed by atoms with van der Waals surface area (Å²) in [6.07, 6.45) is 4.37. The molecule has 3 N–H and O–H groups in total. The minimum absolute atomic E-state index is 0.267. The summed E-state index contributed by atoms with van der Waals surface area (Å²) in [7, 11) is 0. The van der Waals surface area contributed by atoms with Crippen LogP contribution in [0.25, 0.3) is 10.4 Å². The van der Waals surface area contributed by atoms with Crippen LogP contribution >= 0.6 is 0 Å². The van der Waals surface area contributed by atoms with Gasteiger partial charge in [-0.1, -0.05) is 12.0 Å². The topological polar surface area (TPSA) is 122 Å². The number of rotatable bonds is 8. The molecule has 0 saturated carbocycles. The van der Waals surface area contributed by atoms with E-state index in [9.17, 15) is 4.79 Å². The first-order valence-corrected chi connectivity index (χ1v) is 5.75. The van der Waals surface area contributed by atoms with Gasteiger partial charge in [-0.25, -0.2) is 0 Å². The first-order chi connectivity index (χ1) is 8.69. The maximum absolute atomic E-state index is 11.4. The summed E-state index contributed by atoms with van der Waals surface area (Å²) >= 11 is 0. The molecule has 0 bridgehead atoms. The van der Waals surface area contributed by atoms with E-state index in [0.717, 1.165) is 18.5 Å². The van der Waals surface area contributed by atoms with E-state index in [4.69, 9.17) is 11.3 Å². The standard InChI is InChI=1S/C10H17N7O/c1-2-5-17-7-8(6-15-17)9(10(11)18)13-3-4-14-16-12/h6-7,9,13H,2-5H2,1H3,(H2,11,18). The van der Waals surface area contributed by atoms with Crippen molar-refractivity contribution in [3.05, 3.63) is 28.4 Å². The number of hydrogen-bond donors (Lipinski definition) is 2. The van der Waals surface area contributed by atoms with Crippen molar-refractivity contribution in [2.45, 2.75) is 25.9 Å². The lowest BCUT2D eigenvalue weighted by atomic mass is 10.1. The van der Waals surface area contributed by atoms with E-state index in [1.165, 1.54) is 0 Å². The minimum atomic E-state index is -0.607. The lowest BCUT2D eigenvalue weighted by molar-refractivity contribution is -0.120. The van der Waals surface area contributed by atoms with Gasteiger partial charge in [-0.15, -0.1) is 0 Å². The van der Waals surface area contributed by atoms with Crippen LogP contribution in [0, 0.1) is 0 Å². The van der Waals surface area contributed by atoms with Crippen LogP contribution in [0.1, 0.15) is 24.9 Å². The molecule has 1 unspecified atom stereocenters. The number of aryl methyl sites for hydroxylation is 1. The fourth-order valence-electron chi connectivity index (χ4n) is 1.57. The molecule has 1 rings (SSSR count). The second-order valence-corrected chi connectivity index (χ2v) is 3.78. The first-order valence-electron chi connectivity index (χ1n) is 5.75. The highest BCUT2D eigenvalue weighted by molar-refractivity contribution is 5.81. The Bertz CT molecular complexity index is 435. The van der Waals surface area contributed by atoms with Crippen LogP contribution in [-0.4, -0.2) is 28.8 Å². The third-order valence-corrected chi connectivity index (χ3v) is 2.35. The quantitative estimate of drug-likeness (QED) is 0.306. The predicted molar refractivity (Wildman–Crippen MR) is 66.5 cm³/mol. The van der Waals surface area contributed by atoms with Crippen molar-refractivity contribution in [2.75, 3.05) is 13.1 Å². The fourth-order valence-corrected chi connectivity index (χ4v) is 1.57. The Kier molecular flexibility index (Phi) is 5.69. The molecular formula is C10H17N7O. The van der Waals surface area contributed by atoms with Gasteiger partial charge in [0.1, 0.15) is 6.04 Å². The molecule has 1 amide bonds. The van der Waals surface area contributed by atoms with Crippen LogP contribution in [0.5, 0.6) is 0 Å². The SMILES string of the molecule is CCCn1cc(C(NCCN=[N+]=[N-])C(N)=O)cn1. The zero-order chi connectivity index (χ0) is 13.4. The van der Waals surface area contributed by atoms with Crippen LogP contribution < -0.4 is 11.1 Å². The second-order valence-electron chi connectivity index (χ2n) is 3.78. The number of primary amides is 1. The highest BCUT2D eigenvalue weighted by atomic mass is 16.1. The average molecular weight is 251 g/mol. The zero-order valence-corrected chi connectivity index (χ0v) is 10.3. The van der Waals surface area contributed by atoms with Gasteiger partial charge in [0.15, 0.2) is 0 Å². The molecule has 0 radical (unpaired) electrons. The molecular weight excluding hydrogens is 234 g/mol. The lowest BCUT2D eigenvalue weighted by Crippen LogP contribution is -2.34. The summed E-state index contributed by atoms with van der Waals surface area (Å²) < 4.78 is 1.76. The van der Waals surface area contributed by atoms with Crippen molar-refractivity contribution in [1.29, 1.82) is 0 Å². The van der Waals surface area contributed by atoms with Crippen LogP contribution in [0.3, 0.4) is 0 Å². The summed E-state index contributed by atoms with van der Waals surface area (Å²) in [6, 6.07) is -0.607. The molecule has 8 heteroatoms. The third-order valence-electron chi connectivity index (χ3n) is 2.35. The lowest BCUT2D eigenvalue weighted by Gasteiger charge is -2.12. The predicted octanol–water partition coefficient (Wildman–Crippen LogP) is 0.719. The summed E-state index contributed by atoms with van der Waals surface area (Å²) in [5.41, 5.74) is 14.2. The Balaban J connectivity index is 2.64. The molecule has 1 aromatic heterocycles. The maximum Gasteiger partial charge on any atom is 0.239 e. The highest BCUT2D eigenvalue weighted by Crippen LogP contribution is 2.11. The molecule has 0 aliphatic carbocycles. The molecule has 0 aliphatic heterocycles. The van der Waals surface area contributed by atoms with Gasteiger partial charge in [0, 0.05) is 36.3 Å². The van der Waals surface area contributed by atoms with E-state index < -0.39 is 11.9 Å². The normalized spacial score (nSPS) is 11.8. The van der Waals surface area contributed by atoms with Crippen molar-refractivity contribution >= 4 is 5.91 Å². The Hall–Kier alpha value is -2.05. The van der Waals surface area contributed by atoms with Gasteiger partial charge in [0.25, 0.3) is 0 Å². The van der Waals surface area contributed by atoms with Crippen molar-refractivity contribution in [3.8, 4) is 0 Å². The summed E-state index contributed by atoms with van der Waals surface area (Å²) in [4.78, 5) is 14.0. The molecule has 18 heavy (non-hydrogen) atoms. The van der Waals surface area contributed by atoms with Crippen LogP contribution in [0.2, 0.25) is 0 Å². The van der Waals surface area contributed by atoms with E-state index in [-0.39, 0.29) is 6.54 Å². The molecule has 0 aromatic carbocycles. The Morgan fingerprint density at radius 3 is 3.17 bits per heavy atom. The molecule has 0 aliphatic rings. The molecule has 0 saturated heterocycles. The van der Waals surface area contributed by atoms with Gasteiger partial charge in [-0.05, 0) is 12.0 Å². The number of carbonyl (C=O) groups is 1. The first kappa shape index (κ1) is 14.0. The van der Waals surface area contributed by atoms with Gasteiger partial charge in [0.05, 0.1) is 6.20 Å². The van der Waals surface area contributed by atoms with E-state index in [0.29, 0.717) is 6.54 Å². The van der Waals surface area contributed by atoms with E-state index >= 15 is 0 Å². The van der Waals surface area contributed by atoms with Crippen molar-refractivity contribution < 1.29 is 4.79 Å². The van der Waals surface area contributed by atoms with Crippen molar-refractivity contribution in [2.24, 2.45) is 10.8 Å². The smallest absolute Gasteiger partial charge is 0.239 e. The molecule has 0 spiro atoms. The average Bonchev–Trinajstić information content (AvgIpc) is 2.77. The molecule has 98 valence electrons. The number of nitrogens with one attached hydrogen (secondary N) is 1. The number of carbonyl (C=O) groups excluding carboxylic acids is 1. The summed E-state index contributed by atoms with van der Waals surface area (Å²) in [5, 5.41) is 10.5. The van der Waals surface area contributed by atoms with Gasteiger partial charge >= 0.3 is 0 Å². The number of amides is 1. The number of hydrogen-bond acceptors (Lipinski definition) is 4. The van der Waals surface area contributed by atoms with E-state index in [1.54, 1.807) is 17.1 Å². The van der Waals surface area contributed by atoms with Crippen molar-refractivity contribution in [3.63, 3.8) is 0 Å². The van der Waals surface area contributed by atoms with Gasteiger partial charge in [-0.2, -0.15) is 5.10 Å². The van der Waals surface area contributed by atoms with Gasteiger partial charge < -0.3 is 11.1 Å². The molecule has 0 fully saturated rings. The number of aromatic nitrogens is 2. The largest absolute Gasteiger partial charge is 0.368 e. The second kappa shape index (κ2) is 7.31. The number of azide groups is 1. The van der Waals surface area contributed by atoms with Crippen LogP contribution in [0.15, 0.2) is 17.5 Å². The molecule has 1 aromatic rings. The number of nitrogens with two attached hydrogens (primary N) is 1. The third kappa shape index (κ3) is 4.08. The molecule has 8 nitrogen and oxygen atoms in total. The zero-order valence-electron chi connectivity index (χ0n) is 10.3. The fraction of sp³-hybridized carbons (Fsp3) is 0.600. The Morgan fingerprint density at radius 2 is 2.56 bits per heavy atom. The van der Waals surface area contributed by atoms with Gasteiger partial charge in [-0.3, -0.25) is 9.48 Å². The molecule has 1 atom stereocenters. The Labute approximate surface area is 105 Å². The monoisotopic (exact) mass is 251 g/mol. The summed E-state index contributed by atoms with van der Waals surface area (Å²) in [6.45, 7) is 3.50. The highest BCUT2D eigenvalue weighted by Gasteiger charge is 2.18. The Morgan fingerprint density at radius 1 is 1.78 bits per heavy atom. The van der Waals surface area contributed by atoms with Crippen LogP contribution in [-0.2, 0) is 11.3 Å². The van der Waals surface area contributed by atoms with Gasteiger partial charge in [0.2, 0.25) is 5.91 Å². The van der Waals surface area contributed by atoms with E-state index in [1.807, 2.05) is 6.92 Å². The maximum atomic E-state index is 11.4. The van der Waals surface area contributed by atoms with Crippen LogP contribution in [0.4, 0.5) is 0 Å². The van der Waals surface area contributed by atoms with E-state index in [2.05, 4.69) is 20.4 Å². The molecule has 1 heterocycles.